The van der Waals surface area contributed by atoms with Gasteiger partial charge in [-0.3, -0.25) is 4.79 Å². The number of hydrogen-bond acceptors (Lipinski definition) is 25. The number of carbonyl (C=O) groups excluding carboxylic acids is 1. The molecular formula is C5H34K10N8O17. The monoisotopic (exact) mass is 868 g/mol. The first-order valence-electron chi connectivity index (χ1n) is 2.77. The smallest absolute Gasteiger partial charge is 1.00 e. The molecule has 0 aliphatic heterocycles. The van der Waals surface area contributed by atoms with Gasteiger partial charge in [0.1, 0.15) is 21.4 Å². The van der Waals surface area contributed by atoms with Crippen molar-refractivity contribution in [3.8, 4) is 0 Å². The molecule has 206 valence electrons. The normalized spacial score (nSPS) is 2.62. The van der Waals surface area contributed by atoms with Crippen molar-refractivity contribution in [1.82, 2.24) is 24.6 Å². The molecule has 0 aromatic rings. The van der Waals surface area contributed by atoms with Crippen LogP contribution in [0.1, 0.15) is 34.0 Å². The van der Waals surface area contributed by atoms with E-state index >= 15 is 0 Å². The van der Waals surface area contributed by atoms with Gasteiger partial charge in [-0.05, 0) is 0 Å². The summed E-state index contributed by atoms with van der Waals surface area (Å²) in [6.45, 7) is -0.181. The van der Waals surface area contributed by atoms with Gasteiger partial charge in [0.05, 0.1) is 0 Å². The molecule has 0 bridgehead atoms. The van der Waals surface area contributed by atoms with E-state index in [4.69, 9.17) is 50.7 Å². The molecule has 0 atom stereocenters. The molecule has 0 spiro atoms. The summed E-state index contributed by atoms with van der Waals surface area (Å²) < 4.78 is 0. The van der Waals surface area contributed by atoms with Gasteiger partial charge in [0, 0.05) is 0 Å². The third-order valence-corrected chi connectivity index (χ3v) is 0.161. The van der Waals surface area contributed by atoms with E-state index in [2.05, 4.69) is 24.8 Å². The van der Waals surface area contributed by atoms with Crippen LogP contribution in [0.4, 0.5) is 0 Å². The minimum Gasteiger partial charge on any atom is -1.00 e. The van der Waals surface area contributed by atoms with Crippen molar-refractivity contribution in [3.63, 3.8) is 0 Å². The van der Waals surface area contributed by atoms with Gasteiger partial charge in [-0.2, -0.15) is 0 Å². The van der Waals surface area contributed by atoms with E-state index in [-0.39, 0.29) is 590 Å². The van der Waals surface area contributed by atoms with E-state index in [1.54, 1.807) is 0 Å². The van der Waals surface area contributed by atoms with Gasteiger partial charge in [-0.15, -0.1) is 19.6 Å². The van der Waals surface area contributed by atoms with Gasteiger partial charge in [0.2, 0.25) is 0 Å². The van der Waals surface area contributed by atoms with Crippen LogP contribution in [0.15, 0.2) is 21.4 Å². The molecule has 0 heterocycles. The molecule has 0 aliphatic rings. The Bertz CT molecular complexity index is 207. The van der Waals surface area contributed by atoms with Crippen LogP contribution in [-0.4, -0.2) is 17.4 Å². The van der Waals surface area contributed by atoms with Crippen molar-refractivity contribution < 1.29 is 585 Å². The van der Waals surface area contributed by atoms with Gasteiger partial charge < -0.3 is 91.0 Å². The first-order chi connectivity index (χ1) is 9.57. The molecule has 0 rings (SSSR count). The molecule has 0 amide bonds. The van der Waals surface area contributed by atoms with Gasteiger partial charge >= 0.3 is 514 Å². The molecule has 0 saturated heterocycles. The Kier molecular flexibility index (Phi) is 1170. The zero-order valence-electron chi connectivity index (χ0n) is 25.2. The molecule has 0 fully saturated rings. The van der Waals surface area contributed by atoms with Crippen molar-refractivity contribution >= 4 is 6.47 Å². The Labute approximate surface area is 663 Å². The molecule has 0 aliphatic carbocycles. The Morgan fingerprint density at radius 2 is 0.475 bits per heavy atom. The van der Waals surface area contributed by atoms with E-state index in [0.717, 1.165) is 0 Å². The third kappa shape index (κ3) is 394. The van der Waals surface area contributed by atoms with Crippen LogP contribution >= 0.6 is 0 Å². The predicted octanol–water partition coefficient (Wildman–Crippen LogP) is -32.5. The van der Waals surface area contributed by atoms with Crippen molar-refractivity contribution in [3.05, 3.63) is 19.6 Å². The van der Waals surface area contributed by atoms with Crippen molar-refractivity contribution in [2.24, 2.45) is 21.4 Å². The van der Waals surface area contributed by atoms with Gasteiger partial charge in [0.25, 0.3) is 6.47 Å². The molecular weight excluding hydrogens is 835 g/mol. The summed E-state index contributed by atoms with van der Waals surface area (Å²) in [7, 11) is 0. The molecule has 0 aromatic heterocycles. The average Bonchev–Trinajstić information content (AvgIpc) is 2.55. The first kappa shape index (κ1) is 183. The van der Waals surface area contributed by atoms with Crippen molar-refractivity contribution in [1.29, 1.82) is 0 Å². The minimum atomic E-state index is -0.181. The fraction of sp³-hybridized carbons (Fsp3) is 0.800. The Hall–Kier alpha value is 13.0. The van der Waals surface area contributed by atoms with Crippen LogP contribution < -0.4 is 565 Å². The molecule has 35 heteroatoms. The summed E-state index contributed by atoms with van der Waals surface area (Å²) in [5, 5.41) is 47.4. The maximum Gasteiger partial charge on any atom is 1.00 e. The molecule has 0 radical (unpaired) electrons. The molecule has 14 N–H and O–H groups in total. The fourth-order valence-corrected chi connectivity index (χ4v) is 0. The Balaban J connectivity index is -0.00000000222. The summed E-state index contributed by atoms with van der Waals surface area (Å²) >= 11 is 0. The number of rotatable bonds is 5. The van der Waals surface area contributed by atoms with E-state index < -0.39 is 0 Å². The van der Waals surface area contributed by atoms with E-state index in [1.807, 2.05) is 0 Å². The van der Waals surface area contributed by atoms with Crippen molar-refractivity contribution in [2.75, 3.05) is 0 Å². The molecule has 0 saturated carbocycles. The average molecular weight is 869 g/mol. The molecule has 25 nitrogen and oxygen atoms in total. The zero-order valence-corrected chi connectivity index (χ0v) is 53.4. The van der Waals surface area contributed by atoms with Crippen LogP contribution in [0.2, 0.25) is 0 Å². The Morgan fingerprint density at radius 3 is 0.475 bits per heavy atom. The van der Waals surface area contributed by atoms with E-state index in [1.165, 1.54) is 21.4 Å². The minimum absolute atomic E-state index is 0. The quantitative estimate of drug-likeness (QED) is 0.0655. The summed E-state index contributed by atoms with van der Waals surface area (Å²) in [6, 6.07) is 0. The van der Waals surface area contributed by atoms with Crippen LogP contribution in [0, 0.1) is 19.6 Å². The summed E-state index contributed by atoms with van der Waals surface area (Å²) in [5.74, 6) is 0. The maximum atomic E-state index is 8.64. The number of hydrogen-bond donors (Lipinski definition) is 4. The zero-order chi connectivity index (χ0) is 17.1. The van der Waals surface area contributed by atoms with Crippen molar-refractivity contribution in [2.45, 2.75) is 29.7 Å². The summed E-state index contributed by atoms with van der Waals surface area (Å²) in [5.41, 5.74) is 0. The second-order valence-electron chi connectivity index (χ2n) is 0.789. The molecule has 40 heavy (non-hydrogen) atoms. The maximum absolute atomic E-state index is 8.64. The summed E-state index contributed by atoms with van der Waals surface area (Å²) in [6.07, 6.45) is 0. The second kappa shape index (κ2) is 256. The standard InChI is InChI=1S/CH2O3.4CH4.10K.4HNO3.4H3N.2H2O.3H/c2-1-4-3;;;;;;;;;;;;;;;4*2-1-4-3;;;;;;;;;/h1,3H;4*1H4;;;;;;;;;;;4*3H;4*1H3;2*1H2;;;/q;;;;;10*+1;;;;;;;;;;;3*-1/p-7. The third-order valence-electron chi connectivity index (χ3n) is 0.161. The van der Waals surface area contributed by atoms with E-state index in [9.17, 15) is 0 Å². The first-order valence-corrected chi connectivity index (χ1v) is 2.77. The molecule has 0 unspecified atom stereocenters. The fourth-order valence-electron chi connectivity index (χ4n) is 0. The van der Waals surface area contributed by atoms with Gasteiger partial charge in [0.15, 0.2) is 0 Å². The predicted molar refractivity (Wildman–Crippen MR) is 88.9 cm³/mol. The second-order valence-corrected chi connectivity index (χ2v) is 0.789. The van der Waals surface area contributed by atoms with Crippen LogP contribution in [0.5, 0.6) is 0 Å². The van der Waals surface area contributed by atoms with Crippen LogP contribution in [-0.2, 0) is 29.6 Å². The van der Waals surface area contributed by atoms with Crippen LogP contribution in [0.3, 0.4) is 0 Å². The topological polar surface area (TPSA) is 496 Å². The Morgan fingerprint density at radius 1 is 0.425 bits per heavy atom. The molecule has 0 aromatic carbocycles. The number of nitrogens with zero attached hydrogens (tertiary/aromatic N) is 4. The van der Waals surface area contributed by atoms with Gasteiger partial charge in [-0.1, -0.05) is 29.7 Å². The largest absolute Gasteiger partial charge is 1.00 e. The van der Waals surface area contributed by atoms with Crippen LogP contribution in [0.25, 0.3) is 0 Å². The number of carbonyl (C=O) groups is 1. The SMILES string of the molecule is C.C.C.C.N.N.N.N.O=CO[O-].O=NO[O-].O=NO[O-].O=NO[O-].O=NO[O-].[H-].[H-].[H-].[K+].[K+].[K+].[K+].[K+].[K+].[K+].[K+].[K+].[K+].[OH-].[OH-]. The summed E-state index contributed by atoms with van der Waals surface area (Å²) in [4.78, 5) is 54.2. The van der Waals surface area contributed by atoms with E-state index in [0.29, 0.717) is 0 Å². The van der Waals surface area contributed by atoms with Gasteiger partial charge in [-0.25, -0.2) is 0 Å².